The molecule has 0 aromatic heterocycles. The molecule has 1 saturated heterocycles. The molecule has 1 fully saturated rings. The zero-order valence-corrected chi connectivity index (χ0v) is 17.1. The second-order valence-corrected chi connectivity index (χ2v) is 7.97. The Morgan fingerprint density at radius 3 is 2.28 bits per heavy atom. The molecule has 6 heteroatoms. The third-order valence-electron chi connectivity index (χ3n) is 5.66. The van der Waals surface area contributed by atoms with Crippen LogP contribution in [0.25, 0.3) is 0 Å². The average Bonchev–Trinajstić information content (AvgIpc) is 2.66. The third kappa shape index (κ3) is 5.46. The predicted octanol–water partition coefficient (Wildman–Crippen LogP) is 4.50. The lowest BCUT2D eigenvalue weighted by Gasteiger charge is -2.32. The molecule has 3 nitrogen and oxygen atoms in total. The van der Waals surface area contributed by atoms with E-state index in [0.29, 0.717) is 17.7 Å². The number of hydrogen-bond donors (Lipinski definition) is 0. The van der Waals surface area contributed by atoms with Gasteiger partial charge < -0.3 is 4.90 Å². The molecule has 2 aromatic carbocycles. The molecule has 1 aliphatic rings. The zero-order chi connectivity index (χ0) is 21.2. The van der Waals surface area contributed by atoms with Crippen molar-refractivity contribution in [3.8, 4) is 0 Å². The van der Waals surface area contributed by atoms with Gasteiger partial charge in [0.2, 0.25) is 0 Å². The third-order valence-corrected chi connectivity index (χ3v) is 5.66. The summed E-state index contributed by atoms with van der Waals surface area (Å²) >= 11 is 0. The van der Waals surface area contributed by atoms with Gasteiger partial charge in [0.15, 0.2) is 5.78 Å². The first kappa shape index (κ1) is 21.5. The number of piperazine rings is 1. The topological polar surface area (TPSA) is 23.6 Å². The molecular formula is C23H27F3N2O. The van der Waals surface area contributed by atoms with Gasteiger partial charge in [-0.15, -0.1) is 0 Å². The lowest BCUT2D eigenvalue weighted by atomic mass is 9.95. The Morgan fingerprint density at radius 1 is 0.966 bits per heavy atom. The number of ketones is 1. The van der Waals surface area contributed by atoms with E-state index in [9.17, 15) is 18.0 Å². The van der Waals surface area contributed by atoms with Gasteiger partial charge in [-0.1, -0.05) is 24.3 Å². The fourth-order valence-electron chi connectivity index (χ4n) is 3.59. The molecule has 0 aliphatic carbocycles. The first-order valence-corrected chi connectivity index (χ1v) is 9.84. The van der Waals surface area contributed by atoms with Crippen LogP contribution in [0.4, 0.5) is 13.2 Å². The fraction of sp³-hybridized carbons (Fsp3) is 0.435. The van der Waals surface area contributed by atoms with E-state index < -0.39 is 11.7 Å². The maximum Gasteiger partial charge on any atom is 0.416 e. The van der Waals surface area contributed by atoms with Crippen molar-refractivity contribution in [2.45, 2.75) is 33.0 Å². The van der Waals surface area contributed by atoms with Gasteiger partial charge in [-0.3, -0.25) is 9.69 Å². The number of rotatable bonds is 5. The van der Waals surface area contributed by atoms with Gasteiger partial charge in [0.25, 0.3) is 0 Å². The number of alkyl halides is 3. The highest BCUT2D eigenvalue weighted by Crippen LogP contribution is 2.33. The molecule has 0 saturated carbocycles. The van der Waals surface area contributed by atoms with E-state index in [2.05, 4.69) is 9.80 Å². The van der Waals surface area contributed by atoms with E-state index in [1.807, 2.05) is 27.0 Å². The molecule has 0 bridgehead atoms. The van der Waals surface area contributed by atoms with Crippen molar-refractivity contribution in [3.63, 3.8) is 0 Å². The fourth-order valence-corrected chi connectivity index (χ4v) is 3.59. The van der Waals surface area contributed by atoms with E-state index in [1.54, 1.807) is 18.2 Å². The van der Waals surface area contributed by atoms with Crippen LogP contribution in [0, 0.1) is 13.8 Å². The van der Waals surface area contributed by atoms with Crippen LogP contribution in [0.1, 0.15) is 38.2 Å². The van der Waals surface area contributed by atoms with Gasteiger partial charge in [0.05, 0.1) is 5.56 Å². The number of Topliss-reactive ketones (excluding diaryl/α,β-unsaturated/α-hetero) is 1. The smallest absolute Gasteiger partial charge is 0.304 e. The van der Waals surface area contributed by atoms with Gasteiger partial charge >= 0.3 is 6.18 Å². The van der Waals surface area contributed by atoms with Gasteiger partial charge in [-0.25, -0.2) is 0 Å². The Labute approximate surface area is 170 Å². The Kier molecular flexibility index (Phi) is 6.44. The van der Waals surface area contributed by atoms with Crippen molar-refractivity contribution in [1.29, 1.82) is 0 Å². The molecule has 156 valence electrons. The first-order valence-electron chi connectivity index (χ1n) is 9.84. The minimum Gasteiger partial charge on any atom is -0.304 e. The van der Waals surface area contributed by atoms with Crippen molar-refractivity contribution in [1.82, 2.24) is 9.80 Å². The monoisotopic (exact) mass is 404 g/mol. The molecular weight excluding hydrogens is 377 g/mol. The molecule has 0 amide bonds. The highest BCUT2D eigenvalue weighted by atomic mass is 19.4. The minimum absolute atomic E-state index is 0.0304. The summed E-state index contributed by atoms with van der Waals surface area (Å²) in [7, 11) is 2.04. The van der Waals surface area contributed by atoms with Gasteiger partial charge in [-0.05, 0) is 55.3 Å². The molecule has 1 heterocycles. The van der Waals surface area contributed by atoms with E-state index in [1.165, 1.54) is 12.1 Å². The van der Waals surface area contributed by atoms with Crippen molar-refractivity contribution < 1.29 is 18.0 Å². The number of likely N-dealkylation sites (N-methyl/N-ethyl adjacent to an activating group) is 1. The average molecular weight is 404 g/mol. The summed E-state index contributed by atoms with van der Waals surface area (Å²) in [5.74, 6) is -0.301. The van der Waals surface area contributed by atoms with Crippen molar-refractivity contribution in [3.05, 3.63) is 69.8 Å². The van der Waals surface area contributed by atoms with E-state index >= 15 is 0 Å². The summed E-state index contributed by atoms with van der Waals surface area (Å²) in [5.41, 5.74) is 2.40. The van der Waals surface area contributed by atoms with Crippen LogP contribution in [0.15, 0.2) is 36.4 Å². The largest absolute Gasteiger partial charge is 0.416 e. The summed E-state index contributed by atoms with van der Waals surface area (Å²) in [6, 6.07) is 9.64. The molecule has 0 radical (unpaired) electrons. The van der Waals surface area contributed by atoms with E-state index in [4.69, 9.17) is 0 Å². The Morgan fingerprint density at radius 2 is 1.66 bits per heavy atom. The quantitative estimate of drug-likeness (QED) is 0.686. The number of benzene rings is 2. The van der Waals surface area contributed by atoms with E-state index in [-0.39, 0.29) is 17.8 Å². The zero-order valence-electron chi connectivity index (χ0n) is 17.1. The Balaban J connectivity index is 1.80. The van der Waals surface area contributed by atoms with Crippen LogP contribution in [-0.2, 0) is 19.1 Å². The number of halogens is 3. The lowest BCUT2D eigenvalue weighted by molar-refractivity contribution is -0.138. The summed E-state index contributed by atoms with van der Waals surface area (Å²) < 4.78 is 41.1. The minimum atomic E-state index is -4.49. The van der Waals surface area contributed by atoms with Crippen molar-refractivity contribution in [2.75, 3.05) is 33.2 Å². The summed E-state index contributed by atoms with van der Waals surface area (Å²) in [6.45, 7) is 7.81. The second kappa shape index (κ2) is 8.67. The van der Waals surface area contributed by atoms with Crippen molar-refractivity contribution in [2.24, 2.45) is 0 Å². The van der Waals surface area contributed by atoms with Gasteiger partial charge in [-0.2, -0.15) is 13.2 Å². The number of carbonyl (C=O) groups excluding carboxylic acids is 1. The predicted molar refractivity (Wildman–Crippen MR) is 108 cm³/mol. The SMILES string of the molecule is Cc1ccc(C(=O)Cc2ccc(CN3CCN(C)CC3)cc2C(F)(F)F)cc1C. The molecule has 2 aromatic rings. The van der Waals surface area contributed by atoms with Crippen LogP contribution >= 0.6 is 0 Å². The van der Waals surface area contributed by atoms with Crippen LogP contribution in [-0.4, -0.2) is 48.8 Å². The molecule has 1 aliphatic heterocycles. The maximum absolute atomic E-state index is 13.7. The standard InChI is InChI=1S/C23H27F3N2O/c1-16-4-6-20(12-17(16)2)22(29)14-19-7-5-18(13-21(19)23(24,25)26)15-28-10-8-27(3)9-11-28/h4-7,12-13H,8-11,14-15H2,1-3H3. The molecule has 0 atom stereocenters. The highest BCUT2D eigenvalue weighted by Gasteiger charge is 2.34. The van der Waals surface area contributed by atoms with Crippen LogP contribution in [0.5, 0.6) is 0 Å². The normalized spacial score (nSPS) is 16.2. The number of aryl methyl sites for hydroxylation is 2. The second-order valence-electron chi connectivity index (χ2n) is 7.97. The molecule has 3 rings (SSSR count). The Hall–Kier alpha value is -2.18. The van der Waals surface area contributed by atoms with Gasteiger partial charge in [0.1, 0.15) is 0 Å². The van der Waals surface area contributed by atoms with Crippen LogP contribution in [0.3, 0.4) is 0 Å². The molecule has 0 unspecified atom stereocenters. The lowest BCUT2D eigenvalue weighted by Crippen LogP contribution is -2.43. The molecule has 0 spiro atoms. The highest BCUT2D eigenvalue weighted by molar-refractivity contribution is 5.97. The van der Waals surface area contributed by atoms with Crippen molar-refractivity contribution >= 4 is 5.78 Å². The van der Waals surface area contributed by atoms with Crippen LogP contribution in [0.2, 0.25) is 0 Å². The number of nitrogens with zero attached hydrogens (tertiary/aromatic N) is 2. The number of hydrogen-bond acceptors (Lipinski definition) is 3. The summed E-state index contributed by atoms with van der Waals surface area (Å²) in [6.07, 6.45) is -4.75. The van der Waals surface area contributed by atoms with Crippen LogP contribution < -0.4 is 0 Å². The number of carbonyl (C=O) groups is 1. The van der Waals surface area contributed by atoms with E-state index in [0.717, 1.165) is 37.3 Å². The molecule has 29 heavy (non-hydrogen) atoms. The van der Waals surface area contributed by atoms with Gasteiger partial charge in [0, 0.05) is 44.7 Å². The summed E-state index contributed by atoms with van der Waals surface area (Å²) in [5, 5.41) is 0. The maximum atomic E-state index is 13.7. The summed E-state index contributed by atoms with van der Waals surface area (Å²) in [4.78, 5) is 17.0. The first-order chi connectivity index (χ1) is 13.6. The Bertz CT molecular complexity index is 884. The molecule has 0 N–H and O–H groups in total.